The van der Waals surface area contributed by atoms with Crippen LogP contribution in [0.5, 0.6) is 0 Å². The number of carbonyl (C=O) groups excluding carboxylic acids is 1. The van der Waals surface area contributed by atoms with Crippen molar-refractivity contribution < 1.29 is 4.79 Å². The van der Waals surface area contributed by atoms with Crippen LogP contribution in [-0.2, 0) is 6.54 Å². The fourth-order valence-corrected chi connectivity index (χ4v) is 3.80. The van der Waals surface area contributed by atoms with Crippen LogP contribution in [0.3, 0.4) is 0 Å². The van der Waals surface area contributed by atoms with Crippen LogP contribution in [0.1, 0.15) is 40.8 Å². The molecule has 4 heterocycles. The molecule has 3 aromatic heterocycles. The predicted molar refractivity (Wildman–Crippen MR) is 93.4 cm³/mol. The zero-order valence-corrected chi connectivity index (χ0v) is 14.5. The summed E-state index contributed by atoms with van der Waals surface area (Å²) < 4.78 is 2.13. The van der Waals surface area contributed by atoms with Crippen molar-refractivity contribution in [2.75, 3.05) is 13.1 Å². The standard InChI is InChI=1S/C17H18N6OS/c24-17(15-4-1-5-20-21-15)23-7-2-3-13(9-23)16-18-6-8-22(16)10-14-11-25-12-19-14/h1,4-6,8,11-13H,2-3,7,9-10H2. The monoisotopic (exact) mass is 354 g/mol. The second kappa shape index (κ2) is 7.10. The first-order chi connectivity index (χ1) is 12.3. The summed E-state index contributed by atoms with van der Waals surface area (Å²) in [6.45, 7) is 2.12. The number of imidazole rings is 1. The average Bonchev–Trinajstić information content (AvgIpc) is 3.34. The molecule has 25 heavy (non-hydrogen) atoms. The lowest BCUT2D eigenvalue weighted by Crippen LogP contribution is -2.40. The maximum atomic E-state index is 12.6. The average molecular weight is 354 g/mol. The van der Waals surface area contributed by atoms with Gasteiger partial charge in [-0.25, -0.2) is 9.97 Å². The Morgan fingerprint density at radius 2 is 2.28 bits per heavy atom. The number of likely N-dealkylation sites (tertiary alicyclic amines) is 1. The third-order valence-corrected chi connectivity index (χ3v) is 5.06. The van der Waals surface area contributed by atoms with Crippen molar-refractivity contribution in [2.45, 2.75) is 25.3 Å². The molecule has 3 aromatic rings. The SMILES string of the molecule is O=C(c1cccnn1)N1CCCC(c2nccn2Cc2cscn2)C1. The molecule has 0 N–H and O–H groups in total. The first-order valence-electron chi connectivity index (χ1n) is 8.26. The van der Waals surface area contributed by atoms with Gasteiger partial charge in [-0.05, 0) is 25.0 Å². The van der Waals surface area contributed by atoms with Crippen LogP contribution in [-0.4, -0.2) is 48.6 Å². The number of piperidine rings is 1. The normalized spacial score (nSPS) is 17.6. The first kappa shape index (κ1) is 15.9. The lowest BCUT2D eigenvalue weighted by molar-refractivity contribution is 0.0696. The molecule has 1 fully saturated rings. The van der Waals surface area contributed by atoms with Gasteiger partial charge in [0.15, 0.2) is 5.69 Å². The van der Waals surface area contributed by atoms with Crippen LogP contribution >= 0.6 is 11.3 Å². The molecule has 1 saturated heterocycles. The van der Waals surface area contributed by atoms with Crippen LogP contribution in [0.15, 0.2) is 41.6 Å². The summed E-state index contributed by atoms with van der Waals surface area (Å²) in [5, 5.41) is 9.80. The van der Waals surface area contributed by atoms with Crippen LogP contribution in [0.2, 0.25) is 0 Å². The molecule has 1 atom stereocenters. The van der Waals surface area contributed by atoms with E-state index in [4.69, 9.17) is 0 Å². The molecule has 1 aliphatic rings. The molecular weight excluding hydrogens is 336 g/mol. The third kappa shape index (κ3) is 3.43. The molecule has 4 rings (SSSR count). The molecular formula is C17H18N6OS. The van der Waals surface area contributed by atoms with E-state index < -0.39 is 0 Å². The summed E-state index contributed by atoms with van der Waals surface area (Å²) in [5.41, 5.74) is 3.27. The summed E-state index contributed by atoms with van der Waals surface area (Å²) in [4.78, 5) is 23.4. The quantitative estimate of drug-likeness (QED) is 0.718. The smallest absolute Gasteiger partial charge is 0.274 e. The Kier molecular flexibility index (Phi) is 4.51. The highest BCUT2D eigenvalue weighted by Crippen LogP contribution is 2.27. The van der Waals surface area contributed by atoms with Gasteiger partial charge >= 0.3 is 0 Å². The third-order valence-electron chi connectivity index (χ3n) is 4.43. The molecule has 7 nitrogen and oxygen atoms in total. The van der Waals surface area contributed by atoms with E-state index in [1.165, 1.54) is 0 Å². The van der Waals surface area contributed by atoms with Crippen LogP contribution in [0.4, 0.5) is 0 Å². The van der Waals surface area contributed by atoms with Crippen molar-refractivity contribution in [3.8, 4) is 0 Å². The van der Waals surface area contributed by atoms with E-state index in [9.17, 15) is 4.79 Å². The van der Waals surface area contributed by atoms with E-state index in [-0.39, 0.29) is 11.8 Å². The maximum absolute atomic E-state index is 12.6. The van der Waals surface area contributed by atoms with Gasteiger partial charge in [-0.1, -0.05) is 0 Å². The number of rotatable bonds is 4. The van der Waals surface area contributed by atoms with Gasteiger partial charge in [-0.2, -0.15) is 5.10 Å². The minimum Gasteiger partial charge on any atom is -0.337 e. The summed E-state index contributed by atoms with van der Waals surface area (Å²) in [7, 11) is 0. The van der Waals surface area contributed by atoms with Gasteiger partial charge in [0.25, 0.3) is 5.91 Å². The van der Waals surface area contributed by atoms with Crippen molar-refractivity contribution >= 4 is 17.2 Å². The maximum Gasteiger partial charge on any atom is 0.274 e. The van der Waals surface area contributed by atoms with Gasteiger partial charge in [0.2, 0.25) is 0 Å². The zero-order chi connectivity index (χ0) is 17.1. The fraction of sp³-hybridized carbons (Fsp3) is 0.353. The molecule has 0 bridgehead atoms. The van der Waals surface area contributed by atoms with Gasteiger partial charge in [-0.15, -0.1) is 16.4 Å². The zero-order valence-electron chi connectivity index (χ0n) is 13.7. The van der Waals surface area contributed by atoms with Crippen LogP contribution in [0, 0.1) is 0 Å². The molecule has 1 aliphatic heterocycles. The van der Waals surface area contributed by atoms with Gasteiger partial charge in [0.1, 0.15) is 5.82 Å². The number of amides is 1. The highest BCUT2D eigenvalue weighted by Gasteiger charge is 2.28. The van der Waals surface area contributed by atoms with Crippen molar-refractivity contribution in [3.63, 3.8) is 0 Å². The van der Waals surface area contributed by atoms with Crippen LogP contribution in [0.25, 0.3) is 0 Å². The van der Waals surface area contributed by atoms with E-state index >= 15 is 0 Å². The fourth-order valence-electron chi connectivity index (χ4n) is 3.25. The first-order valence-corrected chi connectivity index (χ1v) is 9.20. The van der Waals surface area contributed by atoms with Gasteiger partial charge in [-0.3, -0.25) is 4.79 Å². The highest BCUT2D eigenvalue weighted by molar-refractivity contribution is 7.07. The Hall–Kier alpha value is -2.61. The van der Waals surface area contributed by atoms with Crippen molar-refractivity contribution in [3.05, 3.63) is 58.8 Å². The predicted octanol–water partition coefficient (Wildman–Crippen LogP) is 2.20. The number of aromatic nitrogens is 5. The summed E-state index contributed by atoms with van der Waals surface area (Å²) >= 11 is 1.59. The Labute approximate surface area is 149 Å². The summed E-state index contributed by atoms with van der Waals surface area (Å²) in [6.07, 6.45) is 7.37. The highest BCUT2D eigenvalue weighted by atomic mass is 32.1. The molecule has 128 valence electrons. The Morgan fingerprint density at radius 3 is 3.08 bits per heavy atom. The molecule has 0 aromatic carbocycles. The van der Waals surface area contributed by atoms with Crippen molar-refractivity contribution in [1.82, 2.24) is 29.6 Å². The number of nitrogens with zero attached hydrogens (tertiary/aromatic N) is 6. The van der Waals surface area contributed by atoms with E-state index in [2.05, 4.69) is 30.1 Å². The van der Waals surface area contributed by atoms with Gasteiger partial charge in [0, 0.05) is 43.0 Å². The van der Waals surface area contributed by atoms with E-state index in [1.54, 1.807) is 29.7 Å². The van der Waals surface area contributed by atoms with Crippen molar-refractivity contribution in [2.24, 2.45) is 0 Å². The molecule has 0 spiro atoms. The largest absolute Gasteiger partial charge is 0.337 e. The van der Waals surface area contributed by atoms with Gasteiger partial charge < -0.3 is 9.47 Å². The number of carbonyl (C=O) groups is 1. The second-order valence-corrected chi connectivity index (χ2v) is 6.81. The molecule has 1 amide bonds. The number of hydrogen-bond donors (Lipinski definition) is 0. The lowest BCUT2D eigenvalue weighted by Gasteiger charge is -2.32. The number of hydrogen-bond acceptors (Lipinski definition) is 6. The molecule has 0 radical (unpaired) electrons. The Bertz CT molecular complexity index is 832. The topological polar surface area (TPSA) is 76.8 Å². The Balaban J connectivity index is 1.50. The minimum absolute atomic E-state index is 0.0598. The Morgan fingerprint density at radius 1 is 1.32 bits per heavy atom. The van der Waals surface area contributed by atoms with E-state index in [0.717, 1.165) is 30.9 Å². The summed E-state index contributed by atoms with van der Waals surface area (Å²) in [5.74, 6) is 1.18. The van der Waals surface area contributed by atoms with Crippen molar-refractivity contribution in [1.29, 1.82) is 0 Å². The second-order valence-electron chi connectivity index (χ2n) is 6.09. The summed E-state index contributed by atoms with van der Waals surface area (Å²) in [6, 6.07) is 3.45. The number of thiazole rings is 1. The van der Waals surface area contributed by atoms with Crippen LogP contribution < -0.4 is 0 Å². The molecule has 8 heteroatoms. The molecule has 1 unspecified atom stereocenters. The van der Waals surface area contributed by atoms with Gasteiger partial charge in [0.05, 0.1) is 17.7 Å². The molecule has 0 saturated carbocycles. The lowest BCUT2D eigenvalue weighted by atomic mass is 9.96. The van der Waals surface area contributed by atoms with E-state index in [0.29, 0.717) is 18.8 Å². The minimum atomic E-state index is -0.0598. The molecule has 0 aliphatic carbocycles. The van der Waals surface area contributed by atoms with E-state index in [1.807, 2.05) is 22.8 Å².